The highest BCUT2D eigenvalue weighted by atomic mass is 15.2. The molecule has 0 saturated carbocycles. The van der Waals surface area contributed by atoms with Gasteiger partial charge in [-0.05, 0) is 26.7 Å². The first kappa shape index (κ1) is 13.7. The molecule has 0 amide bonds. The van der Waals surface area contributed by atoms with Crippen molar-refractivity contribution in [3.8, 4) is 0 Å². The molecule has 4 nitrogen and oxygen atoms in total. The monoisotopic (exact) mass is 236 g/mol. The van der Waals surface area contributed by atoms with Crippen LogP contribution in [-0.2, 0) is 0 Å². The summed E-state index contributed by atoms with van der Waals surface area (Å²) in [6, 6.07) is 2.49. The largest absolute Gasteiger partial charge is 0.370 e. The number of anilines is 2. The fourth-order valence-electron chi connectivity index (χ4n) is 1.73. The van der Waals surface area contributed by atoms with E-state index in [1.54, 1.807) is 6.33 Å². The smallest absolute Gasteiger partial charge is 0.134 e. The van der Waals surface area contributed by atoms with E-state index in [-0.39, 0.29) is 0 Å². The molecule has 0 radical (unpaired) electrons. The van der Waals surface area contributed by atoms with E-state index in [1.165, 1.54) is 0 Å². The summed E-state index contributed by atoms with van der Waals surface area (Å²) in [5, 5.41) is 3.29. The van der Waals surface area contributed by atoms with Gasteiger partial charge in [0.1, 0.15) is 18.0 Å². The molecule has 0 aliphatic carbocycles. The van der Waals surface area contributed by atoms with Crippen molar-refractivity contribution in [1.82, 2.24) is 9.97 Å². The predicted molar refractivity (Wildman–Crippen MR) is 73.6 cm³/mol. The molecule has 96 valence electrons. The topological polar surface area (TPSA) is 41.0 Å². The van der Waals surface area contributed by atoms with Gasteiger partial charge in [0.15, 0.2) is 0 Å². The number of nitrogens with one attached hydrogen (secondary N) is 1. The van der Waals surface area contributed by atoms with Crippen LogP contribution in [0, 0.1) is 0 Å². The summed E-state index contributed by atoms with van der Waals surface area (Å²) in [5.74, 6) is 1.93. The van der Waals surface area contributed by atoms with Crippen LogP contribution < -0.4 is 10.2 Å². The zero-order chi connectivity index (χ0) is 12.7. The predicted octanol–water partition coefficient (Wildman–Crippen LogP) is 2.92. The molecule has 0 spiro atoms. The first-order valence-electron chi connectivity index (χ1n) is 6.51. The minimum atomic E-state index is 0.462. The number of hydrogen-bond donors (Lipinski definition) is 1. The Morgan fingerprint density at radius 2 is 2.00 bits per heavy atom. The van der Waals surface area contributed by atoms with Gasteiger partial charge in [-0.25, -0.2) is 9.97 Å². The van der Waals surface area contributed by atoms with Gasteiger partial charge >= 0.3 is 0 Å². The van der Waals surface area contributed by atoms with Crippen molar-refractivity contribution >= 4 is 11.6 Å². The highest BCUT2D eigenvalue weighted by Crippen LogP contribution is 2.16. The molecule has 0 unspecified atom stereocenters. The normalized spacial score (nSPS) is 10.6. The lowest BCUT2D eigenvalue weighted by molar-refractivity contribution is 0.661. The Bertz CT molecular complexity index is 325. The second kappa shape index (κ2) is 7.09. The van der Waals surface area contributed by atoms with E-state index in [0.29, 0.717) is 6.04 Å². The SMILES string of the molecule is CCCNc1cc(N(CCC)C(C)C)ncn1. The van der Waals surface area contributed by atoms with E-state index >= 15 is 0 Å². The summed E-state index contributed by atoms with van der Waals surface area (Å²) < 4.78 is 0. The second-order valence-corrected chi connectivity index (χ2v) is 4.48. The molecule has 0 bridgehead atoms. The first-order chi connectivity index (χ1) is 8.19. The second-order valence-electron chi connectivity index (χ2n) is 4.48. The van der Waals surface area contributed by atoms with Crippen molar-refractivity contribution in [2.75, 3.05) is 23.3 Å². The van der Waals surface area contributed by atoms with Crippen LogP contribution >= 0.6 is 0 Å². The summed E-state index contributed by atoms with van der Waals surface area (Å²) >= 11 is 0. The van der Waals surface area contributed by atoms with Crippen molar-refractivity contribution in [2.45, 2.75) is 46.6 Å². The molecule has 4 heteroatoms. The fourth-order valence-corrected chi connectivity index (χ4v) is 1.73. The van der Waals surface area contributed by atoms with Gasteiger partial charge in [0.2, 0.25) is 0 Å². The molecule has 1 N–H and O–H groups in total. The Balaban J connectivity index is 2.80. The molecule has 0 saturated heterocycles. The minimum Gasteiger partial charge on any atom is -0.370 e. The first-order valence-corrected chi connectivity index (χ1v) is 6.51. The van der Waals surface area contributed by atoms with Crippen molar-refractivity contribution in [2.24, 2.45) is 0 Å². The van der Waals surface area contributed by atoms with Gasteiger partial charge in [0.25, 0.3) is 0 Å². The lowest BCUT2D eigenvalue weighted by atomic mass is 10.3. The van der Waals surface area contributed by atoms with E-state index < -0.39 is 0 Å². The maximum absolute atomic E-state index is 4.36. The molecule has 0 aliphatic rings. The van der Waals surface area contributed by atoms with E-state index in [2.05, 4.69) is 47.9 Å². The Morgan fingerprint density at radius 1 is 1.24 bits per heavy atom. The van der Waals surface area contributed by atoms with Gasteiger partial charge in [-0.3, -0.25) is 0 Å². The van der Waals surface area contributed by atoms with Crippen LogP contribution in [0.15, 0.2) is 12.4 Å². The zero-order valence-corrected chi connectivity index (χ0v) is 11.4. The van der Waals surface area contributed by atoms with Gasteiger partial charge in [0.05, 0.1) is 0 Å². The third kappa shape index (κ3) is 4.21. The van der Waals surface area contributed by atoms with Crippen LogP contribution in [0.5, 0.6) is 0 Å². The number of aromatic nitrogens is 2. The number of rotatable bonds is 7. The molecule has 0 atom stereocenters. The third-order valence-corrected chi connectivity index (χ3v) is 2.59. The molecule has 1 rings (SSSR count). The van der Waals surface area contributed by atoms with Crippen molar-refractivity contribution in [1.29, 1.82) is 0 Å². The highest BCUT2D eigenvalue weighted by Gasteiger charge is 2.11. The van der Waals surface area contributed by atoms with Crippen molar-refractivity contribution in [3.05, 3.63) is 12.4 Å². The molecule has 17 heavy (non-hydrogen) atoms. The van der Waals surface area contributed by atoms with Crippen LogP contribution in [0.3, 0.4) is 0 Å². The Labute approximate surface area is 104 Å². The standard InChI is InChI=1S/C13H24N4/c1-5-7-14-12-9-13(16-10-15-12)17(8-6-2)11(3)4/h9-11H,5-8H2,1-4H3,(H,14,15,16). The van der Waals surface area contributed by atoms with Crippen molar-refractivity contribution < 1.29 is 0 Å². The van der Waals surface area contributed by atoms with Gasteiger partial charge < -0.3 is 10.2 Å². The Morgan fingerprint density at radius 3 is 2.59 bits per heavy atom. The average Bonchev–Trinajstić information content (AvgIpc) is 2.33. The molecule has 0 aliphatic heterocycles. The number of hydrogen-bond acceptors (Lipinski definition) is 4. The Hall–Kier alpha value is -1.32. The zero-order valence-electron chi connectivity index (χ0n) is 11.4. The van der Waals surface area contributed by atoms with Crippen LogP contribution in [-0.4, -0.2) is 29.1 Å². The molecule has 1 aromatic rings. The maximum atomic E-state index is 4.36. The minimum absolute atomic E-state index is 0.462. The summed E-state index contributed by atoms with van der Waals surface area (Å²) in [6.07, 6.45) is 3.86. The summed E-state index contributed by atoms with van der Waals surface area (Å²) in [6.45, 7) is 10.7. The highest BCUT2D eigenvalue weighted by molar-refractivity contribution is 5.48. The fraction of sp³-hybridized carbons (Fsp3) is 0.692. The number of nitrogens with zero attached hydrogens (tertiary/aromatic N) is 3. The van der Waals surface area contributed by atoms with Gasteiger partial charge in [-0.15, -0.1) is 0 Å². The van der Waals surface area contributed by atoms with Gasteiger partial charge in [0, 0.05) is 25.2 Å². The van der Waals surface area contributed by atoms with E-state index in [4.69, 9.17) is 0 Å². The summed E-state index contributed by atoms with van der Waals surface area (Å²) in [4.78, 5) is 10.9. The molecule has 0 fully saturated rings. The van der Waals surface area contributed by atoms with E-state index in [1.807, 2.05) is 6.07 Å². The molecule has 1 heterocycles. The third-order valence-electron chi connectivity index (χ3n) is 2.59. The summed E-state index contributed by atoms with van der Waals surface area (Å²) in [7, 11) is 0. The van der Waals surface area contributed by atoms with Crippen LogP contribution in [0.2, 0.25) is 0 Å². The van der Waals surface area contributed by atoms with Crippen molar-refractivity contribution in [3.63, 3.8) is 0 Å². The molecular formula is C13H24N4. The van der Waals surface area contributed by atoms with Crippen LogP contribution in [0.25, 0.3) is 0 Å². The van der Waals surface area contributed by atoms with Gasteiger partial charge in [-0.2, -0.15) is 0 Å². The molecule has 0 aromatic carbocycles. The van der Waals surface area contributed by atoms with E-state index in [0.717, 1.165) is 37.6 Å². The lowest BCUT2D eigenvalue weighted by Crippen LogP contribution is -2.32. The average molecular weight is 236 g/mol. The Kier molecular flexibility index (Phi) is 5.73. The maximum Gasteiger partial charge on any atom is 0.134 e. The van der Waals surface area contributed by atoms with Crippen LogP contribution in [0.1, 0.15) is 40.5 Å². The molecule has 1 aromatic heterocycles. The summed E-state index contributed by atoms with van der Waals surface area (Å²) in [5.41, 5.74) is 0. The van der Waals surface area contributed by atoms with E-state index in [9.17, 15) is 0 Å². The quantitative estimate of drug-likeness (QED) is 0.790. The van der Waals surface area contributed by atoms with Gasteiger partial charge in [-0.1, -0.05) is 13.8 Å². The lowest BCUT2D eigenvalue weighted by Gasteiger charge is -2.27. The molecular weight excluding hydrogens is 212 g/mol. The van der Waals surface area contributed by atoms with Crippen LogP contribution in [0.4, 0.5) is 11.6 Å².